The topological polar surface area (TPSA) is 43.8 Å². The summed E-state index contributed by atoms with van der Waals surface area (Å²) in [5, 5.41) is 1.26. The maximum Gasteiger partial charge on any atom is 0.0997 e. The zero-order chi connectivity index (χ0) is 14.1. The SMILES string of the molecule is Nc1ccc(-n2cncc2-c2cc(Cl)ccc2Cl)cc1. The van der Waals surface area contributed by atoms with Crippen LogP contribution in [-0.4, -0.2) is 9.55 Å². The highest BCUT2D eigenvalue weighted by Gasteiger charge is 2.11. The number of nitrogen functional groups attached to an aromatic ring is 1. The number of aromatic nitrogens is 2. The Hall–Kier alpha value is -1.97. The van der Waals surface area contributed by atoms with E-state index in [1.54, 1.807) is 24.7 Å². The summed E-state index contributed by atoms with van der Waals surface area (Å²) in [4.78, 5) is 4.20. The maximum atomic E-state index is 6.25. The first-order chi connectivity index (χ1) is 9.65. The van der Waals surface area contributed by atoms with Crippen LogP contribution in [0.25, 0.3) is 16.9 Å². The molecule has 2 N–H and O–H groups in total. The minimum atomic E-state index is 0.631. The average molecular weight is 304 g/mol. The molecule has 0 saturated heterocycles. The van der Waals surface area contributed by atoms with Gasteiger partial charge in [-0.25, -0.2) is 4.98 Å². The molecule has 0 amide bonds. The summed E-state index contributed by atoms with van der Waals surface area (Å²) in [6.45, 7) is 0. The van der Waals surface area contributed by atoms with Crippen molar-refractivity contribution >= 4 is 28.9 Å². The highest BCUT2D eigenvalue weighted by Crippen LogP contribution is 2.31. The molecule has 100 valence electrons. The first-order valence-corrected chi connectivity index (χ1v) is 6.74. The summed E-state index contributed by atoms with van der Waals surface area (Å²) in [7, 11) is 0. The van der Waals surface area contributed by atoms with Crippen molar-refractivity contribution in [3.8, 4) is 16.9 Å². The Labute approximate surface area is 126 Å². The van der Waals surface area contributed by atoms with Gasteiger partial charge in [-0.1, -0.05) is 23.2 Å². The lowest BCUT2D eigenvalue weighted by Gasteiger charge is -2.10. The van der Waals surface area contributed by atoms with E-state index in [1.807, 2.05) is 34.9 Å². The van der Waals surface area contributed by atoms with Crippen LogP contribution >= 0.6 is 23.2 Å². The largest absolute Gasteiger partial charge is 0.399 e. The minimum Gasteiger partial charge on any atom is -0.399 e. The van der Waals surface area contributed by atoms with E-state index in [9.17, 15) is 0 Å². The van der Waals surface area contributed by atoms with Gasteiger partial charge in [-0.05, 0) is 42.5 Å². The van der Waals surface area contributed by atoms with E-state index in [0.717, 1.165) is 22.6 Å². The van der Waals surface area contributed by atoms with Crippen molar-refractivity contribution in [1.29, 1.82) is 0 Å². The van der Waals surface area contributed by atoms with Gasteiger partial charge in [-0.15, -0.1) is 0 Å². The van der Waals surface area contributed by atoms with Crippen LogP contribution in [0.2, 0.25) is 10.0 Å². The third kappa shape index (κ3) is 2.38. The molecule has 3 aromatic rings. The smallest absolute Gasteiger partial charge is 0.0997 e. The molecule has 0 aliphatic carbocycles. The quantitative estimate of drug-likeness (QED) is 0.712. The van der Waals surface area contributed by atoms with Gasteiger partial charge in [0.05, 0.1) is 23.2 Å². The lowest BCUT2D eigenvalue weighted by atomic mass is 10.1. The van der Waals surface area contributed by atoms with Crippen molar-refractivity contribution < 1.29 is 0 Å². The predicted octanol–water partition coefficient (Wildman–Crippen LogP) is 4.43. The van der Waals surface area contributed by atoms with E-state index in [0.29, 0.717) is 10.0 Å². The molecule has 0 bridgehead atoms. The number of imidazole rings is 1. The summed E-state index contributed by atoms with van der Waals surface area (Å²) >= 11 is 12.3. The molecule has 3 nitrogen and oxygen atoms in total. The fraction of sp³-hybridized carbons (Fsp3) is 0. The van der Waals surface area contributed by atoms with Crippen LogP contribution in [0.15, 0.2) is 55.0 Å². The molecule has 0 aliphatic heterocycles. The zero-order valence-corrected chi connectivity index (χ0v) is 11.9. The lowest BCUT2D eigenvalue weighted by molar-refractivity contribution is 1.06. The number of hydrogen-bond acceptors (Lipinski definition) is 2. The van der Waals surface area contributed by atoms with Crippen molar-refractivity contribution in [2.75, 3.05) is 5.73 Å². The zero-order valence-electron chi connectivity index (χ0n) is 10.4. The molecule has 1 heterocycles. The Morgan fingerprint density at radius 3 is 2.50 bits per heavy atom. The molecule has 20 heavy (non-hydrogen) atoms. The van der Waals surface area contributed by atoms with Gasteiger partial charge in [0.1, 0.15) is 0 Å². The van der Waals surface area contributed by atoms with E-state index >= 15 is 0 Å². The van der Waals surface area contributed by atoms with Crippen LogP contribution in [0.5, 0.6) is 0 Å². The molecule has 2 aromatic carbocycles. The fourth-order valence-electron chi connectivity index (χ4n) is 2.03. The number of hydrogen-bond donors (Lipinski definition) is 1. The molecule has 0 saturated carbocycles. The van der Waals surface area contributed by atoms with Crippen LogP contribution in [0.1, 0.15) is 0 Å². The van der Waals surface area contributed by atoms with Crippen LogP contribution in [0.3, 0.4) is 0 Å². The van der Waals surface area contributed by atoms with E-state index in [2.05, 4.69) is 4.98 Å². The van der Waals surface area contributed by atoms with Gasteiger partial charge < -0.3 is 5.73 Å². The summed E-state index contributed by atoms with van der Waals surface area (Å²) in [5.41, 5.74) is 9.11. The van der Waals surface area contributed by atoms with Crippen molar-refractivity contribution in [2.45, 2.75) is 0 Å². The minimum absolute atomic E-state index is 0.631. The highest BCUT2D eigenvalue weighted by atomic mass is 35.5. The van der Waals surface area contributed by atoms with Crippen molar-refractivity contribution in [3.05, 3.63) is 65.0 Å². The van der Waals surface area contributed by atoms with Crippen LogP contribution in [-0.2, 0) is 0 Å². The van der Waals surface area contributed by atoms with Crippen LogP contribution < -0.4 is 5.73 Å². The fourth-order valence-corrected chi connectivity index (χ4v) is 2.42. The Balaban J connectivity index is 2.15. The number of anilines is 1. The Morgan fingerprint density at radius 2 is 1.75 bits per heavy atom. The van der Waals surface area contributed by atoms with Gasteiger partial charge >= 0.3 is 0 Å². The molecule has 1 aromatic heterocycles. The van der Waals surface area contributed by atoms with Gasteiger partial charge in [0.25, 0.3) is 0 Å². The first kappa shape index (κ1) is 13.0. The monoisotopic (exact) mass is 303 g/mol. The second kappa shape index (κ2) is 5.19. The first-order valence-electron chi connectivity index (χ1n) is 5.99. The molecular weight excluding hydrogens is 293 g/mol. The second-order valence-electron chi connectivity index (χ2n) is 4.36. The van der Waals surface area contributed by atoms with Crippen LogP contribution in [0, 0.1) is 0 Å². The van der Waals surface area contributed by atoms with Gasteiger partial charge in [-0.3, -0.25) is 4.57 Å². The van der Waals surface area contributed by atoms with Gasteiger partial charge in [-0.2, -0.15) is 0 Å². The van der Waals surface area contributed by atoms with E-state index in [-0.39, 0.29) is 0 Å². The molecule has 5 heteroatoms. The van der Waals surface area contributed by atoms with Crippen molar-refractivity contribution in [3.63, 3.8) is 0 Å². The van der Waals surface area contributed by atoms with Crippen LogP contribution in [0.4, 0.5) is 5.69 Å². The molecular formula is C15H11Cl2N3. The van der Waals surface area contributed by atoms with E-state index in [4.69, 9.17) is 28.9 Å². The summed E-state index contributed by atoms with van der Waals surface area (Å²) in [5.74, 6) is 0. The highest BCUT2D eigenvalue weighted by molar-refractivity contribution is 6.35. The molecule has 0 unspecified atom stereocenters. The average Bonchev–Trinajstić information content (AvgIpc) is 2.91. The number of nitrogens with two attached hydrogens (primary N) is 1. The Morgan fingerprint density at radius 1 is 1.00 bits per heavy atom. The molecule has 0 fully saturated rings. The van der Waals surface area contributed by atoms with Crippen molar-refractivity contribution in [2.24, 2.45) is 0 Å². The summed E-state index contributed by atoms with van der Waals surface area (Å²) < 4.78 is 1.94. The summed E-state index contributed by atoms with van der Waals surface area (Å²) in [6, 6.07) is 12.9. The number of halogens is 2. The van der Waals surface area contributed by atoms with Crippen molar-refractivity contribution in [1.82, 2.24) is 9.55 Å². The van der Waals surface area contributed by atoms with E-state index in [1.165, 1.54) is 0 Å². The second-order valence-corrected chi connectivity index (χ2v) is 5.21. The standard InChI is InChI=1S/C15H11Cl2N3/c16-10-1-6-14(17)13(7-10)15-8-19-9-20(15)12-4-2-11(18)3-5-12/h1-9H,18H2. The number of rotatable bonds is 2. The third-order valence-electron chi connectivity index (χ3n) is 3.01. The Bertz CT molecular complexity index is 748. The van der Waals surface area contributed by atoms with Gasteiger partial charge in [0, 0.05) is 22.0 Å². The predicted molar refractivity (Wildman–Crippen MR) is 83.4 cm³/mol. The maximum absolute atomic E-state index is 6.25. The third-order valence-corrected chi connectivity index (χ3v) is 3.58. The molecule has 0 radical (unpaired) electrons. The van der Waals surface area contributed by atoms with Gasteiger partial charge in [0.2, 0.25) is 0 Å². The lowest BCUT2D eigenvalue weighted by Crippen LogP contribution is -1.96. The van der Waals surface area contributed by atoms with Gasteiger partial charge in [0.15, 0.2) is 0 Å². The molecule has 0 spiro atoms. The number of nitrogens with zero attached hydrogens (tertiary/aromatic N) is 2. The summed E-state index contributed by atoms with van der Waals surface area (Å²) in [6.07, 6.45) is 3.49. The van der Waals surface area contributed by atoms with E-state index < -0.39 is 0 Å². The molecule has 0 atom stereocenters. The molecule has 0 aliphatic rings. The molecule has 3 rings (SSSR count). The normalized spacial score (nSPS) is 10.7. The number of benzene rings is 2. The Kier molecular flexibility index (Phi) is 3.38.